The van der Waals surface area contributed by atoms with E-state index in [0.29, 0.717) is 11.4 Å². The van der Waals surface area contributed by atoms with Gasteiger partial charge in [0.25, 0.3) is 5.91 Å². The molecule has 0 radical (unpaired) electrons. The van der Waals surface area contributed by atoms with E-state index in [1.807, 2.05) is 17.7 Å². The number of aromatic nitrogens is 2. The molecular formula is C14H15N3O3. The molecule has 0 aliphatic rings. The number of nitrogens with zero attached hydrogens (tertiary/aromatic N) is 2. The molecule has 20 heavy (non-hydrogen) atoms. The minimum absolute atomic E-state index is 0.0340. The Morgan fingerprint density at radius 1 is 1.40 bits per heavy atom. The number of anilines is 1. The molecule has 6 nitrogen and oxygen atoms in total. The number of aromatic carboxylic acids is 1. The Hall–Kier alpha value is -2.63. The Balaban J connectivity index is 2.17. The quantitative estimate of drug-likeness (QED) is 0.875. The summed E-state index contributed by atoms with van der Waals surface area (Å²) in [6.45, 7) is 2.78. The summed E-state index contributed by atoms with van der Waals surface area (Å²) in [5.74, 6) is -1.37. The summed E-state index contributed by atoms with van der Waals surface area (Å²) in [5, 5.41) is 11.5. The van der Waals surface area contributed by atoms with Gasteiger partial charge in [0.05, 0.1) is 17.4 Å². The lowest BCUT2D eigenvalue weighted by atomic mass is 10.2. The number of carbonyl (C=O) groups excluding carboxylic acids is 1. The van der Waals surface area contributed by atoms with Gasteiger partial charge in [-0.15, -0.1) is 0 Å². The van der Waals surface area contributed by atoms with Crippen molar-refractivity contribution in [2.24, 2.45) is 0 Å². The van der Waals surface area contributed by atoms with Gasteiger partial charge in [-0.3, -0.25) is 9.78 Å². The predicted octanol–water partition coefficient (Wildman–Crippen LogP) is 2.24. The van der Waals surface area contributed by atoms with Gasteiger partial charge < -0.3 is 15.0 Å². The van der Waals surface area contributed by atoms with Gasteiger partial charge in [-0.1, -0.05) is 6.92 Å². The second-order valence-corrected chi connectivity index (χ2v) is 4.31. The van der Waals surface area contributed by atoms with E-state index in [4.69, 9.17) is 5.11 Å². The molecule has 2 aromatic rings. The highest BCUT2D eigenvalue weighted by atomic mass is 16.4. The van der Waals surface area contributed by atoms with Crippen LogP contribution in [0.2, 0.25) is 0 Å². The number of rotatable bonds is 5. The molecule has 0 bridgehead atoms. The van der Waals surface area contributed by atoms with Crippen molar-refractivity contribution in [3.05, 3.63) is 48.0 Å². The minimum Gasteiger partial charge on any atom is -0.478 e. The normalized spacial score (nSPS) is 10.2. The molecule has 0 saturated heterocycles. The second kappa shape index (κ2) is 6.01. The van der Waals surface area contributed by atoms with Crippen LogP contribution in [-0.4, -0.2) is 26.5 Å². The van der Waals surface area contributed by atoms with Crippen molar-refractivity contribution < 1.29 is 14.7 Å². The molecule has 0 aromatic carbocycles. The highest BCUT2D eigenvalue weighted by Gasteiger charge is 2.12. The molecule has 2 rings (SSSR count). The number of carboxylic acid groups (broad SMARTS) is 1. The van der Waals surface area contributed by atoms with Gasteiger partial charge in [-0.2, -0.15) is 0 Å². The first kappa shape index (κ1) is 13.8. The third-order valence-electron chi connectivity index (χ3n) is 2.77. The van der Waals surface area contributed by atoms with Crippen LogP contribution in [0.5, 0.6) is 0 Å². The summed E-state index contributed by atoms with van der Waals surface area (Å²) < 4.78 is 1.85. The van der Waals surface area contributed by atoms with Crippen LogP contribution < -0.4 is 5.32 Å². The lowest BCUT2D eigenvalue weighted by molar-refractivity contribution is 0.0696. The van der Waals surface area contributed by atoms with Gasteiger partial charge >= 0.3 is 5.97 Å². The minimum atomic E-state index is -1.08. The number of hydrogen-bond donors (Lipinski definition) is 2. The summed E-state index contributed by atoms with van der Waals surface area (Å²) in [6.07, 6.45) is 5.41. The number of hydrogen-bond acceptors (Lipinski definition) is 3. The number of amides is 1. The van der Waals surface area contributed by atoms with Crippen LogP contribution in [0.15, 0.2) is 36.8 Å². The molecule has 6 heteroatoms. The highest BCUT2D eigenvalue weighted by molar-refractivity contribution is 6.03. The Bertz CT molecular complexity index is 634. The summed E-state index contributed by atoms with van der Waals surface area (Å²) >= 11 is 0. The summed E-state index contributed by atoms with van der Waals surface area (Å²) in [6, 6.07) is 4.90. The molecule has 0 saturated carbocycles. The van der Waals surface area contributed by atoms with Crippen molar-refractivity contribution in [3.8, 4) is 0 Å². The van der Waals surface area contributed by atoms with Crippen LogP contribution in [0.3, 0.4) is 0 Å². The lowest BCUT2D eigenvalue weighted by Crippen LogP contribution is -2.17. The van der Waals surface area contributed by atoms with Gasteiger partial charge in [-0.05, 0) is 24.6 Å². The van der Waals surface area contributed by atoms with E-state index < -0.39 is 5.97 Å². The fraction of sp³-hybridized carbons (Fsp3) is 0.214. The molecule has 2 heterocycles. The largest absolute Gasteiger partial charge is 0.478 e. The molecule has 0 spiro atoms. The topological polar surface area (TPSA) is 84.2 Å². The van der Waals surface area contributed by atoms with Crippen molar-refractivity contribution in [2.75, 3.05) is 5.32 Å². The van der Waals surface area contributed by atoms with E-state index in [1.165, 1.54) is 18.5 Å². The molecule has 0 fully saturated rings. The third-order valence-corrected chi connectivity index (χ3v) is 2.77. The van der Waals surface area contributed by atoms with Crippen molar-refractivity contribution in [2.45, 2.75) is 19.9 Å². The van der Waals surface area contributed by atoms with Crippen molar-refractivity contribution in [1.29, 1.82) is 0 Å². The predicted molar refractivity (Wildman–Crippen MR) is 73.9 cm³/mol. The van der Waals surface area contributed by atoms with Crippen molar-refractivity contribution >= 4 is 17.6 Å². The number of nitrogens with one attached hydrogen (secondary N) is 1. The Labute approximate surface area is 116 Å². The fourth-order valence-electron chi connectivity index (χ4n) is 1.88. The Kier molecular flexibility index (Phi) is 4.14. The molecule has 104 valence electrons. The number of pyridine rings is 1. The van der Waals surface area contributed by atoms with Crippen LogP contribution in [0.4, 0.5) is 5.69 Å². The smallest absolute Gasteiger partial charge is 0.337 e. The van der Waals surface area contributed by atoms with Crippen LogP contribution >= 0.6 is 0 Å². The van der Waals surface area contributed by atoms with E-state index in [0.717, 1.165) is 13.0 Å². The summed E-state index contributed by atoms with van der Waals surface area (Å²) in [5.41, 5.74) is 0.929. The van der Waals surface area contributed by atoms with Gasteiger partial charge in [0.2, 0.25) is 0 Å². The monoisotopic (exact) mass is 273 g/mol. The van der Waals surface area contributed by atoms with Gasteiger partial charge in [0, 0.05) is 18.9 Å². The maximum absolute atomic E-state index is 12.1. The summed E-state index contributed by atoms with van der Waals surface area (Å²) in [4.78, 5) is 26.8. The zero-order chi connectivity index (χ0) is 14.5. The van der Waals surface area contributed by atoms with Gasteiger partial charge in [0.15, 0.2) is 0 Å². The van der Waals surface area contributed by atoms with E-state index >= 15 is 0 Å². The summed E-state index contributed by atoms with van der Waals surface area (Å²) in [7, 11) is 0. The Morgan fingerprint density at radius 3 is 2.90 bits per heavy atom. The first-order chi connectivity index (χ1) is 9.61. The van der Waals surface area contributed by atoms with E-state index in [1.54, 1.807) is 12.1 Å². The zero-order valence-electron chi connectivity index (χ0n) is 11.0. The first-order valence-corrected chi connectivity index (χ1v) is 6.26. The Morgan fingerprint density at radius 2 is 2.20 bits per heavy atom. The number of carboxylic acids is 1. The molecule has 1 amide bonds. The van der Waals surface area contributed by atoms with E-state index in [9.17, 15) is 9.59 Å². The molecule has 0 atom stereocenters. The standard InChI is InChI=1S/C14H15N3O3/c1-2-5-17-6-3-4-12(17)13(18)16-11-7-10(14(19)20)8-15-9-11/h3-4,6-9H,2,5H2,1H3,(H,16,18)(H,19,20). The SMILES string of the molecule is CCCn1cccc1C(=O)Nc1cncc(C(=O)O)c1. The average Bonchev–Trinajstić information content (AvgIpc) is 2.88. The van der Waals surface area contributed by atoms with E-state index in [2.05, 4.69) is 10.3 Å². The second-order valence-electron chi connectivity index (χ2n) is 4.31. The molecule has 0 aliphatic carbocycles. The zero-order valence-corrected chi connectivity index (χ0v) is 11.0. The fourth-order valence-corrected chi connectivity index (χ4v) is 1.88. The molecule has 2 aromatic heterocycles. The number of aryl methyl sites for hydroxylation is 1. The molecule has 0 unspecified atom stereocenters. The van der Waals surface area contributed by atoms with Crippen molar-refractivity contribution in [3.63, 3.8) is 0 Å². The highest BCUT2D eigenvalue weighted by Crippen LogP contribution is 2.11. The van der Waals surface area contributed by atoms with Crippen molar-refractivity contribution in [1.82, 2.24) is 9.55 Å². The van der Waals surface area contributed by atoms with Gasteiger partial charge in [-0.25, -0.2) is 4.79 Å². The molecule has 0 aliphatic heterocycles. The van der Waals surface area contributed by atoms with Crippen LogP contribution in [0.25, 0.3) is 0 Å². The van der Waals surface area contributed by atoms with Gasteiger partial charge in [0.1, 0.15) is 5.69 Å². The van der Waals surface area contributed by atoms with E-state index in [-0.39, 0.29) is 11.5 Å². The third kappa shape index (κ3) is 3.03. The first-order valence-electron chi connectivity index (χ1n) is 6.26. The lowest BCUT2D eigenvalue weighted by Gasteiger charge is -2.09. The maximum atomic E-state index is 12.1. The molecular weight excluding hydrogens is 258 g/mol. The van der Waals surface area contributed by atoms with Crippen LogP contribution in [-0.2, 0) is 6.54 Å². The maximum Gasteiger partial charge on any atom is 0.337 e. The van der Waals surface area contributed by atoms with Crippen LogP contribution in [0.1, 0.15) is 34.2 Å². The number of carbonyl (C=O) groups is 2. The molecule has 2 N–H and O–H groups in total. The average molecular weight is 273 g/mol. The van der Waals surface area contributed by atoms with Crippen LogP contribution in [0, 0.1) is 0 Å².